The highest BCUT2D eigenvalue weighted by atomic mass is 16.1. The molecule has 3 atom stereocenters. The summed E-state index contributed by atoms with van der Waals surface area (Å²) < 4.78 is 0. The molecule has 68 valence electrons. The van der Waals surface area contributed by atoms with Gasteiger partial charge in [-0.15, -0.1) is 0 Å². The van der Waals surface area contributed by atoms with Gasteiger partial charge in [-0.05, 0) is 18.8 Å². The molecule has 2 fully saturated rings. The number of carbonyl (C=O) groups is 1. The van der Waals surface area contributed by atoms with Crippen molar-refractivity contribution in [2.45, 2.75) is 25.3 Å². The van der Waals surface area contributed by atoms with Crippen LogP contribution in [-0.2, 0) is 4.79 Å². The third-order valence-corrected chi connectivity index (χ3v) is 2.72. The lowest BCUT2D eigenvalue weighted by Gasteiger charge is -2.30. The highest BCUT2D eigenvalue weighted by Crippen LogP contribution is 2.25. The normalized spacial score (nSPS) is 39.8. The van der Waals surface area contributed by atoms with E-state index in [0.29, 0.717) is 12.5 Å². The van der Waals surface area contributed by atoms with Crippen molar-refractivity contribution in [2.24, 2.45) is 11.7 Å². The summed E-state index contributed by atoms with van der Waals surface area (Å²) in [6, 6.07) is 0.295. The Kier molecular flexibility index (Phi) is 2.02. The van der Waals surface area contributed by atoms with Gasteiger partial charge in [0.25, 0.3) is 0 Å². The van der Waals surface area contributed by atoms with Crippen molar-refractivity contribution in [2.75, 3.05) is 13.1 Å². The topological polar surface area (TPSA) is 58.4 Å². The fourth-order valence-electron chi connectivity index (χ4n) is 2.23. The lowest BCUT2D eigenvalue weighted by Crippen LogP contribution is -2.49. The molecule has 12 heavy (non-hydrogen) atoms. The number of nitrogens with two attached hydrogens (primary N) is 1. The van der Waals surface area contributed by atoms with E-state index < -0.39 is 0 Å². The summed E-state index contributed by atoms with van der Waals surface area (Å²) in [6.45, 7) is 2.27. The lowest BCUT2D eigenvalue weighted by molar-refractivity contribution is -0.119. The molecule has 0 radical (unpaired) electrons. The molecule has 2 aliphatic heterocycles. The molecule has 2 bridgehead atoms. The number of nitrogens with zero attached hydrogens (tertiary/aromatic N) is 1. The van der Waals surface area contributed by atoms with E-state index in [1.165, 1.54) is 6.42 Å². The average molecular weight is 169 g/mol. The predicted octanol–water partition coefficient (Wildman–Crippen LogP) is -0.539. The van der Waals surface area contributed by atoms with Gasteiger partial charge >= 0.3 is 0 Å². The van der Waals surface area contributed by atoms with Gasteiger partial charge in [-0.25, -0.2) is 5.01 Å². The number of nitrogens with one attached hydrogen (secondary N) is 1. The Bertz CT molecular complexity index is 183. The van der Waals surface area contributed by atoms with Gasteiger partial charge in [-0.1, -0.05) is 0 Å². The van der Waals surface area contributed by atoms with Crippen LogP contribution in [-0.4, -0.2) is 30.0 Å². The Morgan fingerprint density at radius 2 is 2.50 bits per heavy atom. The van der Waals surface area contributed by atoms with E-state index in [-0.39, 0.29) is 5.91 Å². The van der Waals surface area contributed by atoms with Crippen LogP contribution >= 0.6 is 0 Å². The van der Waals surface area contributed by atoms with Gasteiger partial charge in [-0.3, -0.25) is 10.2 Å². The van der Waals surface area contributed by atoms with E-state index in [1.807, 2.05) is 0 Å². The van der Waals surface area contributed by atoms with E-state index in [1.54, 1.807) is 0 Å². The van der Waals surface area contributed by atoms with Crippen LogP contribution in [0.4, 0.5) is 0 Å². The Morgan fingerprint density at radius 1 is 1.67 bits per heavy atom. The highest BCUT2D eigenvalue weighted by Gasteiger charge is 2.32. The third kappa shape index (κ3) is 1.59. The Morgan fingerprint density at radius 3 is 3.17 bits per heavy atom. The van der Waals surface area contributed by atoms with Gasteiger partial charge in [0.05, 0.1) is 0 Å². The zero-order valence-electron chi connectivity index (χ0n) is 7.12. The summed E-state index contributed by atoms with van der Waals surface area (Å²) in [7, 11) is 0. The molecule has 3 N–H and O–H groups in total. The van der Waals surface area contributed by atoms with Crippen LogP contribution in [0.15, 0.2) is 0 Å². The second-order valence-corrected chi connectivity index (χ2v) is 3.83. The molecule has 1 amide bonds. The van der Waals surface area contributed by atoms with Crippen molar-refractivity contribution in [1.29, 1.82) is 0 Å². The minimum Gasteiger partial charge on any atom is -0.370 e. The summed E-state index contributed by atoms with van der Waals surface area (Å²) in [5, 5.41) is 2.21. The number of carbonyl (C=O) groups excluding carboxylic acids is 1. The number of hydrogen-bond donors (Lipinski definition) is 2. The Balaban J connectivity index is 1.89. The molecule has 0 aromatic carbocycles. The molecule has 0 aliphatic carbocycles. The van der Waals surface area contributed by atoms with Crippen molar-refractivity contribution < 1.29 is 4.79 Å². The second-order valence-electron chi connectivity index (χ2n) is 3.83. The lowest BCUT2D eigenvalue weighted by atomic mass is 9.96. The fourth-order valence-corrected chi connectivity index (χ4v) is 2.23. The third-order valence-electron chi connectivity index (χ3n) is 2.72. The van der Waals surface area contributed by atoms with Gasteiger partial charge in [0, 0.05) is 25.6 Å². The molecule has 4 heteroatoms. The van der Waals surface area contributed by atoms with Gasteiger partial charge in [0.2, 0.25) is 5.91 Å². The molecule has 3 unspecified atom stereocenters. The molecule has 0 aromatic heterocycles. The van der Waals surface area contributed by atoms with Gasteiger partial charge in [0.15, 0.2) is 0 Å². The highest BCUT2D eigenvalue weighted by molar-refractivity contribution is 5.74. The minimum atomic E-state index is -0.199. The minimum absolute atomic E-state index is 0.199. The van der Waals surface area contributed by atoms with E-state index >= 15 is 0 Å². The van der Waals surface area contributed by atoms with Crippen LogP contribution in [0.3, 0.4) is 0 Å². The molecule has 2 saturated heterocycles. The maximum absolute atomic E-state index is 10.7. The van der Waals surface area contributed by atoms with Crippen molar-refractivity contribution in [3.63, 3.8) is 0 Å². The fraction of sp³-hybridized carbons (Fsp3) is 0.875. The number of primary amides is 1. The molecule has 2 heterocycles. The van der Waals surface area contributed by atoms with Crippen LogP contribution in [0.1, 0.15) is 19.3 Å². The van der Waals surface area contributed by atoms with Gasteiger partial charge < -0.3 is 5.73 Å². The van der Waals surface area contributed by atoms with Crippen molar-refractivity contribution in [3.05, 3.63) is 0 Å². The largest absolute Gasteiger partial charge is 0.370 e. The summed E-state index contributed by atoms with van der Waals surface area (Å²) in [4.78, 5) is 10.7. The molecular formula is C8H15N3O. The number of hydrogen-bond acceptors (Lipinski definition) is 3. The number of amides is 1. The standard InChI is InChI=1S/C8H15N3O/c9-8(12)4-7-3-6-1-2-11(5-6)10-7/h6-7,10H,1-5H2,(H2,9,12). The van der Waals surface area contributed by atoms with E-state index in [0.717, 1.165) is 25.4 Å². The molecule has 2 rings (SSSR count). The van der Waals surface area contributed by atoms with Crippen LogP contribution in [0, 0.1) is 5.92 Å². The molecule has 4 nitrogen and oxygen atoms in total. The second kappa shape index (κ2) is 3.03. The van der Waals surface area contributed by atoms with Crippen molar-refractivity contribution in [1.82, 2.24) is 10.4 Å². The summed E-state index contributed by atoms with van der Waals surface area (Å²) >= 11 is 0. The Labute approximate surface area is 72.1 Å². The average Bonchev–Trinajstić information content (AvgIpc) is 2.29. The molecule has 0 saturated carbocycles. The zero-order valence-corrected chi connectivity index (χ0v) is 7.12. The first-order valence-corrected chi connectivity index (χ1v) is 4.53. The summed E-state index contributed by atoms with van der Waals surface area (Å²) in [6.07, 6.45) is 2.86. The molecular weight excluding hydrogens is 154 g/mol. The maximum Gasteiger partial charge on any atom is 0.219 e. The quantitative estimate of drug-likeness (QED) is 0.583. The Hall–Kier alpha value is -0.610. The number of fused-ring (bicyclic) bond motifs is 2. The zero-order chi connectivity index (χ0) is 8.55. The monoisotopic (exact) mass is 169 g/mol. The first-order valence-electron chi connectivity index (χ1n) is 4.53. The van der Waals surface area contributed by atoms with E-state index in [4.69, 9.17) is 5.73 Å². The van der Waals surface area contributed by atoms with E-state index in [2.05, 4.69) is 10.4 Å². The SMILES string of the molecule is NC(=O)CC1CC2CCN(C2)N1. The maximum atomic E-state index is 10.7. The van der Waals surface area contributed by atoms with Crippen molar-refractivity contribution in [3.8, 4) is 0 Å². The van der Waals surface area contributed by atoms with Crippen LogP contribution in [0.25, 0.3) is 0 Å². The molecule has 0 aromatic rings. The van der Waals surface area contributed by atoms with Gasteiger partial charge in [-0.2, -0.15) is 0 Å². The summed E-state index contributed by atoms with van der Waals surface area (Å²) in [5.41, 5.74) is 8.45. The smallest absolute Gasteiger partial charge is 0.219 e. The van der Waals surface area contributed by atoms with Gasteiger partial charge in [0.1, 0.15) is 0 Å². The molecule has 0 spiro atoms. The molecule has 2 aliphatic rings. The van der Waals surface area contributed by atoms with Crippen molar-refractivity contribution >= 4 is 5.91 Å². The summed E-state index contributed by atoms with van der Waals surface area (Å²) in [5.74, 6) is 0.589. The van der Waals surface area contributed by atoms with Crippen LogP contribution in [0.2, 0.25) is 0 Å². The van der Waals surface area contributed by atoms with E-state index in [9.17, 15) is 4.79 Å². The number of hydrazine groups is 1. The number of rotatable bonds is 2. The predicted molar refractivity (Wildman–Crippen MR) is 45.0 cm³/mol. The first-order chi connectivity index (χ1) is 5.74. The van der Waals surface area contributed by atoms with Crippen LogP contribution in [0.5, 0.6) is 0 Å². The van der Waals surface area contributed by atoms with Crippen LogP contribution < -0.4 is 11.2 Å². The first kappa shape index (κ1) is 8.01.